The van der Waals surface area contributed by atoms with Crippen LogP contribution in [0.1, 0.15) is 15.9 Å². The van der Waals surface area contributed by atoms with Crippen molar-refractivity contribution < 1.29 is 27.5 Å². The van der Waals surface area contributed by atoms with Crippen molar-refractivity contribution in [3.05, 3.63) is 96.1 Å². The number of nitrogens with zero attached hydrogens (tertiary/aromatic N) is 1. The number of H-pyrrole nitrogens is 1. The number of carbonyl (C=O) groups is 2. The number of rotatable bonds is 8. The van der Waals surface area contributed by atoms with Gasteiger partial charge in [0, 0.05) is 12.0 Å². The first-order valence-corrected chi connectivity index (χ1v) is 10.9. The van der Waals surface area contributed by atoms with Gasteiger partial charge in [-0.3, -0.25) is 14.7 Å². The fraction of sp³-hybridized carbons (Fsp3) is 0.115. The predicted octanol–water partition coefficient (Wildman–Crippen LogP) is 4.47. The average Bonchev–Trinajstić information content (AvgIpc) is 3.33. The molecule has 0 unspecified atom stereocenters. The minimum atomic E-state index is -5.00. The Morgan fingerprint density at radius 3 is 2.28 bits per heavy atom. The van der Waals surface area contributed by atoms with Crippen LogP contribution in [0.15, 0.2) is 84.9 Å². The third-order valence-corrected chi connectivity index (χ3v) is 5.34. The number of aromatic nitrogens is 2. The monoisotopic (exact) mass is 494 g/mol. The number of carbonyl (C=O) groups excluding carboxylic acids is 2. The van der Waals surface area contributed by atoms with Crippen molar-refractivity contribution in [1.29, 1.82) is 0 Å². The summed E-state index contributed by atoms with van der Waals surface area (Å²) in [4.78, 5) is 25.3. The number of alkyl halides is 3. The van der Waals surface area contributed by atoms with Crippen molar-refractivity contribution >= 4 is 11.8 Å². The molecule has 0 saturated carbocycles. The van der Waals surface area contributed by atoms with Gasteiger partial charge in [-0.05, 0) is 23.8 Å². The number of nitrogens with two attached hydrogens (primary N) is 1. The van der Waals surface area contributed by atoms with Crippen LogP contribution in [0.2, 0.25) is 0 Å². The zero-order valence-corrected chi connectivity index (χ0v) is 18.8. The van der Waals surface area contributed by atoms with E-state index >= 15 is 0 Å². The van der Waals surface area contributed by atoms with Gasteiger partial charge < -0.3 is 15.8 Å². The molecule has 7 nitrogen and oxygen atoms in total. The molecule has 4 N–H and O–H groups in total. The normalized spacial score (nSPS) is 12.1. The van der Waals surface area contributed by atoms with Crippen LogP contribution < -0.4 is 15.8 Å². The minimum Gasteiger partial charge on any atom is -0.405 e. The number of benzene rings is 3. The van der Waals surface area contributed by atoms with Crippen LogP contribution in [-0.2, 0) is 11.2 Å². The molecule has 0 aliphatic heterocycles. The molecule has 0 bridgehead atoms. The van der Waals surface area contributed by atoms with E-state index in [-0.39, 0.29) is 23.2 Å². The van der Waals surface area contributed by atoms with Crippen molar-refractivity contribution in [3.8, 4) is 28.3 Å². The highest BCUT2D eigenvalue weighted by Gasteiger charge is 2.34. The molecule has 184 valence electrons. The molecule has 4 aromatic rings. The summed E-state index contributed by atoms with van der Waals surface area (Å²) in [5.41, 5.74) is 7.23. The van der Waals surface area contributed by atoms with E-state index in [1.54, 1.807) is 54.6 Å². The molecule has 0 spiro atoms. The molecule has 0 aliphatic carbocycles. The predicted molar refractivity (Wildman–Crippen MR) is 127 cm³/mol. The van der Waals surface area contributed by atoms with Gasteiger partial charge in [0.15, 0.2) is 0 Å². The number of hydrogen-bond donors (Lipinski definition) is 3. The van der Waals surface area contributed by atoms with E-state index in [4.69, 9.17) is 5.73 Å². The second kappa shape index (κ2) is 10.3. The highest BCUT2D eigenvalue weighted by atomic mass is 19.4. The van der Waals surface area contributed by atoms with Crippen molar-refractivity contribution in [2.45, 2.75) is 18.8 Å². The first kappa shape index (κ1) is 24.5. The van der Waals surface area contributed by atoms with Crippen LogP contribution >= 0.6 is 0 Å². The Balaban J connectivity index is 1.72. The number of amides is 2. The lowest BCUT2D eigenvalue weighted by atomic mass is 10.00. The number of halogens is 3. The Morgan fingerprint density at radius 2 is 1.64 bits per heavy atom. The lowest BCUT2D eigenvalue weighted by molar-refractivity contribution is -0.274. The van der Waals surface area contributed by atoms with E-state index in [9.17, 15) is 22.8 Å². The standard InChI is InChI=1S/C26H21F3N4O3/c27-26(28,29)36-22-13-7-12-18(23(22)20-15-19(32-33-20)17-10-5-2-6-11-17)25(35)31-21(24(30)34)14-16-8-3-1-4-9-16/h1-13,15,21H,14H2,(H2,30,34)(H,31,35)(H,32,33)/t21-/m0/s1. The van der Waals surface area contributed by atoms with Crippen molar-refractivity contribution in [1.82, 2.24) is 15.5 Å². The average molecular weight is 494 g/mol. The van der Waals surface area contributed by atoms with E-state index in [0.717, 1.165) is 17.2 Å². The van der Waals surface area contributed by atoms with Gasteiger partial charge in [-0.1, -0.05) is 66.7 Å². The second-order valence-electron chi connectivity index (χ2n) is 7.88. The zero-order chi connectivity index (χ0) is 25.7. The van der Waals surface area contributed by atoms with Crippen LogP contribution in [0, 0.1) is 0 Å². The molecule has 3 aromatic carbocycles. The van der Waals surface area contributed by atoms with Gasteiger partial charge in [0.2, 0.25) is 5.91 Å². The SMILES string of the molecule is NC(=O)[C@H](Cc1ccccc1)NC(=O)c1cccc(OC(F)(F)F)c1-c1cc(-c2ccccc2)n[nH]1. The van der Waals surface area contributed by atoms with E-state index < -0.39 is 30.0 Å². The Labute approximate surface area is 204 Å². The van der Waals surface area contributed by atoms with Gasteiger partial charge in [0.25, 0.3) is 5.91 Å². The molecule has 1 heterocycles. The summed E-state index contributed by atoms with van der Waals surface area (Å²) < 4.78 is 43.8. The summed E-state index contributed by atoms with van der Waals surface area (Å²) >= 11 is 0. The van der Waals surface area contributed by atoms with Crippen LogP contribution in [0.25, 0.3) is 22.5 Å². The van der Waals surface area contributed by atoms with Gasteiger partial charge in [0.05, 0.1) is 22.5 Å². The van der Waals surface area contributed by atoms with E-state index in [1.807, 2.05) is 6.07 Å². The number of ether oxygens (including phenoxy) is 1. The van der Waals surface area contributed by atoms with E-state index in [1.165, 1.54) is 18.2 Å². The van der Waals surface area contributed by atoms with Gasteiger partial charge in [-0.2, -0.15) is 5.10 Å². The Kier molecular flexibility index (Phi) is 7.05. The first-order chi connectivity index (χ1) is 17.2. The number of hydrogen-bond acceptors (Lipinski definition) is 4. The van der Waals surface area contributed by atoms with Crippen molar-refractivity contribution in [3.63, 3.8) is 0 Å². The smallest absolute Gasteiger partial charge is 0.405 e. The molecule has 2 amide bonds. The topological polar surface area (TPSA) is 110 Å². The van der Waals surface area contributed by atoms with Gasteiger partial charge in [-0.25, -0.2) is 0 Å². The number of aromatic amines is 1. The molecule has 10 heteroatoms. The number of primary amides is 1. The van der Waals surface area contributed by atoms with Crippen LogP contribution in [-0.4, -0.2) is 34.4 Å². The van der Waals surface area contributed by atoms with Gasteiger partial charge in [-0.15, -0.1) is 13.2 Å². The molecule has 0 aliphatic rings. The Bertz CT molecular complexity index is 1360. The summed E-state index contributed by atoms with van der Waals surface area (Å²) in [5, 5.41) is 9.40. The molecule has 1 aromatic heterocycles. The summed E-state index contributed by atoms with van der Waals surface area (Å²) in [7, 11) is 0. The molecule has 0 saturated heterocycles. The van der Waals surface area contributed by atoms with Crippen LogP contribution in [0.3, 0.4) is 0 Å². The minimum absolute atomic E-state index is 0.109. The summed E-state index contributed by atoms with van der Waals surface area (Å²) in [6.07, 6.45) is -4.90. The fourth-order valence-electron chi connectivity index (χ4n) is 3.72. The second-order valence-corrected chi connectivity index (χ2v) is 7.88. The molecule has 0 fully saturated rings. The maximum Gasteiger partial charge on any atom is 0.573 e. The van der Waals surface area contributed by atoms with Crippen molar-refractivity contribution in [2.24, 2.45) is 5.73 Å². The molecular weight excluding hydrogens is 473 g/mol. The van der Waals surface area contributed by atoms with Gasteiger partial charge >= 0.3 is 6.36 Å². The fourth-order valence-corrected chi connectivity index (χ4v) is 3.72. The Morgan fingerprint density at radius 1 is 0.972 bits per heavy atom. The Hall–Kier alpha value is -4.60. The van der Waals surface area contributed by atoms with Crippen molar-refractivity contribution in [2.75, 3.05) is 0 Å². The summed E-state index contributed by atoms with van der Waals surface area (Å²) in [6, 6.07) is 21.9. The maximum atomic E-state index is 13.2. The van der Waals surface area contributed by atoms with Crippen LogP contribution in [0.4, 0.5) is 13.2 Å². The zero-order valence-electron chi connectivity index (χ0n) is 18.8. The molecule has 4 rings (SSSR count). The highest BCUT2D eigenvalue weighted by molar-refractivity contribution is 6.03. The largest absolute Gasteiger partial charge is 0.573 e. The first-order valence-electron chi connectivity index (χ1n) is 10.9. The quantitative estimate of drug-likeness (QED) is 0.336. The highest BCUT2D eigenvalue weighted by Crippen LogP contribution is 2.37. The third kappa shape index (κ3) is 5.90. The lowest BCUT2D eigenvalue weighted by Crippen LogP contribution is -2.46. The number of nitrogens with one attached hydrogen (secondary N) is 2. The molecule has 1 atom stereocenters. The third-order valence-electron chi connectivity index (χ3n) is 5.34. The van der Waals surface area contributed by atoms with E-state index in [0.29, 0.717) is 5.69 Å². The summed E-state index contributed by atoms with van der Waals surface area (Å²) in [6.45, 7) is 0. The van der Waals surface area contributed by atoms with Crippen LogP contribution in [0.5, 0.6) is 5.75 Å². The van der Waals surface area contributed by atoms with E-state index in [2.05, 4.69) is 20.3 Å². The maximum absolute atomic E-state index is 13.2. The molecular formula is C26H21F3N4O3. The summed E-state index contributed by atoms with van der Waals surface area (Å²) in [5.74, 6) is -2.19. The van der Waals surface area contributed by atoms with Gasteiger partial charge in [0.1, 0.15) is 11.8 Å². The lowest BCUT2D eigenvalue weighted by Gasteiger charge is -2.19. The molecule has 0 radical (unpaired) electrons. The molecule has 36 heavy (non-hydrogen) atoms.